The van der Waals surface area contributed by atoms with Crippen LogP contribution in [0.25, 0.3) is 0 Å². The zero-order valence-electron chi connectivity index (χ0n) is 15.2. The zero-order valence-corrected chi connectivity index (χ0v) is 16.8. The van der Waals surface area contributed by atoms with E-state index >= 15 is 0 Å². The molecule has 0 heterocycles. The molecule has 0 aliphatic carbocycles. The highest BCUT2D eigenvalue weighted by Gasteiger charge is 2.16. The molecule has 0 unspecified atom stereocenters. The minimum atomic E-state index is -3.57. The molecule has 2 aromatic carbocycles. The van der Waals surface area contributed by atoms with Gasteiger partial charge in [-0.3, -0.25) is 4.79 Å². The van der Waals surface area contributed by atoms with E-state index in [9.17, 15) is 13.2 Å². The monoisotopic (exact) mass is 411 g/mol. The van der Waals surface area contributed by atoms with Gasteiger partial charge in [-0.15, -0.1) is 0 Å². The van der Waals surface area contributed by atoms with Crippen LogP contribution in [-0.4, -0.2) is 45.7 Å². The number of carbonyl (C=O) groups excluding carboxylic acids is 1. The number of rotatable bonds is 9. The molecular formula is C19H22ClNO5S. The quantitative estimate of drug-likeness (QED) is 0.467. The van der Waals surface area contributed by atoms with Gasteiger partial charge >= 0.3 is 10.1 Å². The molecule has 0 saturated carbocycles. The smallest absolute Gasteiger partial charge is 0.306 e. The molecule has 0 N–H and O–H groups in total. The van der Waals surface area contributed by atoms with Gasteiger partial charge in [0.05, 0.1) is 6.26 Å². The molecule has 0 fully saturated rings. The Bertz CT molecular complexity index is 868. The number of amides is 1. The van der Waals surface area contributed by atoms with Crippen LogP contribution in [0.2, 0.25) is 5.02 Å². The summed E-state index contributed by atoms with van der Waals surface area (Å²) in [7, 11) is -1.96. The number of ether oxygens (including phenoxy) is 1. The Labute approximate surface area is 164 Å². The molecule has 8 heteroatoms. The molecule has 0 aromatic heterocycles. The van der Waals surface area contributed by atoms with Gasteiger partial charge in [-0.05, 0) is 42.3 Å². The van der Waals surface area contributed by atoms with Crippen LogP contribution in [0, 0.1) is 0 Å². The summed E-state index contributed by atoms with van der Waals surface area (Å²) in [5.74, 6) is 0.0958. The summed E-state index contributed by atoms with van der Waals surface area (Å²) in [4.78, 5) is 14.6. The van der Waals surface area contributed by atoms with E-state index in [1.54, 1.807) is 60.5 Å². The van der Waals surface area contributed by atoms with Crippen molar-refractivity contribution in [2.75, 3.05) is 26.5 Å². The number of hydrogen-bond donors (Lipinski definition) is 0. The van der Waals surface area contributed by atoms with Crippen LogP contribution in [0.3, 0.4) is 0 Å². The molecular weight excluding hydrogens is 390 g/mol. The molecule has 146 valence electrons. The second kappa shape index (κ2) is 9.73. The Balaban J connectivity index is 2.15. The maximum Gasteiger partial charge on any atom is 0.306 e. The summed E-state index contributed by atoms with van der Waals surface area (Å²) in [5.41, 5.74) is 1.36. The molecule has 0 aliphatic heterocycles. The number of hydrogen-bond acceptors (Lipinski definition) is 5. The SMILES string of the molecule is COCCCN(Cc1ccc(OS(C)(=O)=O)cc1)C(=O)c1cccc(Cl)c1. The maximum absolute atomic E-state index is 12.9. The standard InChI is InChI=1S/C19H22ClNO5S/c1-25-12-4-11-21(19(22)16-5-3-6-17(20)13-16)14-15-7-9-18(10-8-15)26-27(2,23)24/h3,5-10,13H,4,11-12,14H2,1-2H3. The molecule has 1 amide bonds. The lowest BCUT2D eigenvalue weighted by Crippen LogP contribution is -2.32. The summed E-state index contributed by atoms with van der Waals surface area (Å²) in [6.07, 6.45) is 1.68. The highest BCUT2D eigenvalue weighted by Crippen LogP contribution is 2.18. The van der Waals surface area contributed by atoms with Crippen molar-refractivity contribution in [3.05, 3.63) is 64.7 Å². The molecule has 0 atom stereocenters. The molecule has 0 aliphatic rings. The van der Waals surface area contributed by atoms with Gasteiger partial charge in [0.25, 0.3) is 5.91 Å². The van der Waals surface area contributed by atoms with Crippen molar-refractivity contribution < 1.29 is 22.1 Å². The van der Waals surface area contributed by atoms with Crippen molar-refractivity contribution >= 4 is 27.6 Å². The van der Waals surface area contributed by atoms with Gasteiger partial charge in [0.15, 0.2) is 0 Å². The minimum absolute atomic E-state index is 0.134. The Morgan fingerprint density at radius 3 is 2.44 bits per heavy atom. The largest absolute Gasteiger partial charge is 0.385 e. The van der Waals surface area contributed by atoms with E-state index in [4.69, 9.17) is 20.5 Å². The van der Waals surface area contributed by atoms with Gasteiger partial charge in [-0.1, -0.05) is 29.8 Å². The topological polar surface area (TPSA) is 72.9 Å². The van der Waals surface area contributed by atoms with Crippen LogP contribution in [0.5, 0.6) is 5.75 Å². The van der Waals surface area contributed by atoms with Crippen molar-refractivity contribution in [3.8, 4) is 5.75 Å². The van der Waals surface area contributed by atoms with Crippen LogP contribution < -0.4 is 4.18 Å². The van der Waals surface area contributed by atoms with E-state index in [1.807, 2.05) is 0 Å². The van der Waals surface area contributed by atoms with Crippen molar-refractivity contribution in [3.63, 3.8) is 0 Å². The predicted molar refractivity (Wildman–Crippen MR) is 105 cm³/mol. The normalized spacial score (nSPS) is 11.2. The molecule has 2 aromatic rings. The Morgan fingerprint density at radius 2 is 1.85 bits per heavy atom. The number of methoxy groups -OCH3 is 1. The number of nitrogens with zero attached hydrogens (tertiary/aromatic N) is 1. The second-order valence-corrected chi connectivity index (χ2v) is 8.03. The Morgan fingerprint density at radius 1 is 1.15 bits per heavy atom. The van der Waals surface area contributed by atoms with E-state index < -0.39 is 10.1 Å². The van der Waals surface area contributed by atoms with Gasteiger partial charge in [0.2, 0.25) is 0 Å². The summed E-state index contributed by atoms with van der Waals surface area (Å²) in [6, 6.07) is 13.4. The van der Waals surface area contributed by atoms with Crippen LogP contribution in [-0.2, 0) is 21.4 Å². The van der Waals surface area contributed by atoms with Crippen molar-refractivity contribution in [2.45, 2.75) is 13.0 Å². The van der Waals surface area contributed by atoms with E-state index in [-0.39, 0.29) is 11.7 Å². The van der Waals surface area contributed by atoms with Gasteiger partial charge in [0, 0.05) is 37.4 Å². The van der Waals surface area contributed by atoms with E-state index in [1.165, 1.54) is 0 Å². The lowest BCUT2D eigenvalue weighted by atomic mass is 10.1. The number of halogens is 1. The highest BCUT2D eigenvalue weighted by atomic mass is 35.5. The van der Waals surface area contributed by atoms with Gasteiger partial charge in [-0.25, -0.2) is 0 Å². The molecule has 27 heavy (non-hydrogen) atoms. The van der Waals surface area contributed by atoms with Gasteiger partial charge < -0.3 is 13.8 Å². The van der Waals surface area contributed by atoms with Crippen LogP contribution >= 0.6 is 11.6 Å². The fourth-order valence-corrected chi connectivity index (χ4v) is 3.15. The number of benzene rings is 2. The fraction of sp³-hybridized carbons (Fsp3) is 0.316. The molecule has 0 spiro atoms. The second-order valence-electron chi connectivity index (χ2n) is 6.01. The Kier molecular flexibility index (Phi) is 7.65. The average Bonchev–Trinajstić information content (AvgIpc) is 2.61. The number of carbonyl (C=O) groups is 1. The predicted octanol–water partition coefficient (Wildman–Crippen LogP) is 3.36. The first-order chi connectivity index (χ1) is 12.8. The minimum Gasteiger partial charge on any atom is -0.385 e. The summed E-state index contributed by atoms with van der Waals surface area (Å²) in [5, 5.41) is 0.500. The maximum atomic E-state index is 12.9. The van der Waals surface area contributed by atoms with Crippen LogP contribution in [0.15, 0.2) is 48.5 Å². The first kappa shape index (κ1) is 21.2. The van der Waals surface area contributed by atoms with Crippen molar-refractivity contribution in [2.24, 2.45) is 0 Å². The zero-order chi connectivity index (χ0) is 19.9. The molecule has 0 radical (unpaired) electrons. The molecule has 2 rings (SSSR count). The first-order valence-corrected chi connectivity index (χ1v) is 10.5. The van der Waals surface area contributed by atoms with Crippen LogP contribution in [0.4, 0.5) is 0 Å². The molecule has 0 bridgehead atoms. The third-order valence-electron chi connectivity index (χ3n) is 3.68. The van der Waals surface area contributed by atoms with Crippen molar-refractivity contribution in [1.82, 2.24) is 4.90 Å². The van der Waals surface area contributed by atoms with Crippen LogP contribution in [0.1, 0.15) is 22.3 Å². The van der Waals surface area contributed by atoms with Crippen molar-refractivity contribution in [1.29, 1.82) is 0 Å². The Hall–Kier alpha value is -2.09. The molecule has 0 saturated heterocycles. The lowest BCUT2D eigenvalue weighted by Gasteiger charge is -2.23. The van der Waals surface area contributed by atoms with E-state index in [0.29, 0.717) is 36.7 Å². The third-order valence-corrected chi connectivity index (χ3v) is 4.41. The third kappa shape index (κ3) is 7.21. The lowest BCUT2D eigenvalue weighted by molar-refractivity contribution is 0.0723. The summed E-state index contributed by atoms with van der Waals surface area (Å²) in [6.45, 7) is 1.43. The highest BCUT2D eigenvalue weighted by molar-refractivity contribution is 7.86. The van der Waals surface area contributed by atoms with Gasteiger partial charge in [-0.2, -0.15) is 8.42 Å². The molecule has 6 nitrogen and oxygen atoms in total. The summed E-state index contributed by atoms with van der Waals surface area (Å²) < 4.78 is 32.3. The van der Waals surface area contributed by atoms with E-state index in [2.05, 4.69) is 0 Å². The summed E-state index contributed by atoms with van der Waals surface area (Å²) >= 11 is 6.00. The van der Waals surface area contributed by atoms with E-state index in [0.717, 1.165) is 11.8 Å². The average molecular weight is 412 g/mol. The fourth-order valence-electron chi connectivity index (χ4n) is 2.50. The van der Waals surface area contributed by atoms with Gasteiger partial charge in [0.1, 0.15) is 5.75 Å². The first-order valence-electron chi connectivity index (χ1n) is 8.30.